The summed E-state index contributed by atoms with van der Waals surface area (Å²) in [5.74, 6) is 0.914. The summed E-state index contributed by atoms with van der Waals surface area (Å²) in [4.78, 5) is 42.0. The summed E-state index contributed by atoms with van der Waals surface area (Å²) in [5, 5.41) is 3.27. The van der Waals surface area contributed by atoms with Gasteiger partial charge in [0.05, 0.1) is 28.1 Å². The van der Waals surface area contributed by atoms with Gasteiger partial charge in [0, 0.05) is 39.7 Å². The minimum absolute atomic E-state index is 0. The molecule has 0 spiro atoms. The van der Waals surface area contributed by atoms with Crippen LogP contribution in [0.3, 0.4) is 0 Å². The maximum atomic E-state index is 14.4. The van der Waals surface area contributed by atoms with Crippen LogP contribution in [0.4, 0.5) is 20.2 Å². The van der Waals surface area contributed by atoms with Crippen LogP contribution in [-0.2, 0) is 6.42 Å². The molecule has 1 aliphatic rings. The van der Waals surface area contributed by atoms with Crippen LogP contribution in [0.15, 0.2) is 79.1 Å². The van der Waals surface area contributed by atoms with Crippen LogP contribution in [0.5, 0.6) is 0 Å². The number of pyridine rings is 2. The van der Waals surface area contributed by atoms with Crippen molar-refractivity contribution in [3.63, 3.8) is 0 Å². The van der Waals surface area contributed by atoms with Crippen molar-refractivity contribution in [3.8, 4) is 34.0 Å². The minimum atomic E-state index is -0.506. The molecule has 6 aromatic rings. The van der Waals surface area contributed by atoms with Crippen molar-refractivity contribution >= 4 is 45.6 Å². The molecule has 2 N–H and O–H groups in total. The van der Waals surface area contributed by atoms with Gasteiger partial charge in [-0.3, -0.25) is 9.59 Å². The zero-order valence-electron chi connectivity index (χ0n) is 23.8. The van der Waals surface area contributed by atoms with Gasteiger partial charge in [-0.1, -0.05) is 37.6 Å². The van der Waals surface area contributed by atoms with E-state index in [0.29, 0.717) is 56.9 Å². The lowest BCUT2D eigenvalue weighted by atomic mass is 10.0. The van der Waals surface area contributed by atoms with Gasteiger partial charge in [0.2, 0.25) is 0 Å². The van der Waals surface area contributed by atoms with E-state index in [1.54, 1.807) is 66.6 Å². The molecular weight excluding hydrogens is 604 g/mol. The van der Waals surface area contributed by atoms with E-state index in [0.717, 1.165) is 22.2 Å². The normalized spacial score (nSPS) is 12.0. The number of para-hydroxylation sites is 1. The number of carbonyl (C=O) groups is 2. The van der Waals surface area contributed by atoms with Gasteiger partial charge in [0.15, 0.2) is 0 Å². The first-order valence-electron chi connectivity index (χ1n) is 14.0. The number of amides is 2. The average Bonchev–Trinajstić information content (AvgIpc) is 3.63. The minimum Gasteiger partial charge on any atom is -0.345 e. The molecule has 10 heteroatoms. The van der Waals surface area contributed by atoms with Gasteiger partial charge in [-0.2, -0.15) is 0 Å². The van der Waals surface area contributed by atoms with Crippen molar-refractivity contribution in [2.45, 2.75) is 20.8 Å². The Labute approximate surface area is 268 Å². The van der Waals surface area contributed by atoms with Crippen LogP contribution in [0.25, 0.3) is 32.7 Å². The summed E-state index contributed by atoms with van der Waals surface area (Å²) in [6.07, 6.45) is 9.02. The zero-order valence-corrected chi connectivity index (χ0v) is 24.6. The van der Waals surface area contributed by atoms with Gasteiger partial charge in [-0.25, -0.2) is 18.7 Å². The number of aromatic amines is 1. The molecule has 0 saturated heterocycles. The van der Waals surface area contributed by atoms with E-state index >= 15 is 0 Å². The van der Waals surface area contributed by atoms with Gasteiger partial charge in [-0.15, -0.1) is 17.8 Å². The number of H-pyrrole nitrogens is 1. The number of hydrogen-bond acceptors (Lipinski definition) is 5. The van der Waals surface area contributed by atoms with Crippen LogP contribution in [0, 0.1) is 30.9 Å². The molecule has 2 aromatic carbocycles. The summed E-state index contributed by atoms with van der Waals surface area (Å²) in [6, 6.07) is 18.3. The number of hydrogen-bond donors (Lipinski definition) is 2. The Kier molecular flexibility index (Phi) is 7.94. The number of rotatable bonds is 4. The highest BCUT2D eigenvalue weighted by atomic mass is 32.1. The molecule has 228 valence electrons. The number of halogens is 2. The first-order valence-corrected chi connectivity index (χ1v) is 14.8. The molecule has 7 rings (SSSR count). The first-order chi connectivity index (χ1) is 21.8. The number of aryl methyl sites for hydroxylation is 1. The molecule has 0 unspecified atom stereocenters. The number of anilines is 2. The number of nitrogens with one attached hydrogen (secondary N) is 2. The van der Waals surface area contributed by atoms with Crippen molar-refractivity contribution in [3.05, 3.63) is 118 Å². The lowest BCUT2D eigenvalue weighted by Gasteiger charge is -2.23. The predicted molar refractivity (Wildman–Crippen MR) is 178 cm³/mol. The summed E-state index contributed by atoms with van der Waals surface area (Å²) >= 11 is 1.28. The number of benzene rings is 2. The maximum Gasteiger partial charge on any atom is 0.276 e. The fraction of sp³-hybridized carbons (Fsp3) is 0.111. The van der Waals surface area contributed by atoms with Crippen molar-refractivity contribution < 1.29 is 18.4 Å². The Morgan fingerprint density at radius 3 is 2.70 bits per heavy atom. The van der Waals surface area contributed by atoms with Crippen LogP contribution >= 0.6 is 11.3 Å². The summed E-state index contributed by atoms with van der Waals surface area (Å²) in [7, 11) is 0. The fourth-order valence-electron chi connectivity index (χ4n) is 5.55. The topological polar surface area (TPSA) is 91.0 Å². The summed E-state index contributed by atoms with van der Waals surface area (Å²) in [5.41, 5.74) is 5.41. The molecule has 46 heavy (non-hydrogen) atoms. The fourth-order valence-corrected chi connectivity index (χ4v) is 6.69. The average molecular weight is 632 g/mol. The van der Waals surface area contributed by atoms with Gasteiger partial charge in [-0.05, 0) is 66.9 Å². The van der Waals surface area contributed by atoms with Crippen molar-refractivity contribution in [2.24, 2.45) is 0 Å². The molecule has 0 radical (unpaired) electrons. The van der Waals surface area contributed by atoms with Crippen LogP contribution < -0.4 is 10.2 Å². The van der Waals surface area contributed by atoms with Gasteiger partial charge in [0.25, 0.3) is 11.8 Å². The molecule has 5 heterocycles. The smallest absolute Gasteiger partial charge is 0.276 e. The standard InChI is InChI=1S/C35H23F2N5O2S.CH4/c1-3-20-10-11-23-29(14-20)42(13-12-21-15-30(45-32(21)23)34(43)41-31-19(2)6-4-7-26(31)37)35(44)28-9-5-8-27(40-28)25-18-39-33-24(25)16-22(36)17-38-33;/h1,4-11,14-18H,12-13H2,2H3,(H,38,39)(H,41,43);1H4. The second kappa shape index (κ2) is 12.0. The molecule has 0 fully saturated rings. The van der Waals surface area contributed by atoms with Gasteiger partial charge < -0.3 is 15.2 Å². The third-order valence-corrected chi connectivity index (χ3v) is 8.99. The molecule has 0 saturated carbocycles. The second-order valence-electron chi connectivity index (χ2n) is 10.6. The van der Waals surface area contributed by atoms with E-state index in [2.05, 4.69) is 26.2 Å². The predicted octanol–water partition coefficient (Wildman–Crippen LogP) is 8.01. The molecule has 0 atom stereocenters. The second-order valence-corrected chi connectivity index (χ2v) is 11.6. The Morgan fingerprint density at radius 2 is 1.89 bits per heavy atom. The Balaban J connectivity index is 0.00000372. The molecular formula is C36H27F2N5O2S. The Bertz CT molecular complexity index is 2190. The van der Waals surface area contributed by atoms with Crippen molar-refractivity contribution in [1.29, 1.82) is 0 Å². The number of aromatic nitrogens is 3. The van der Waals surface area contributed by atoms with E-state index in [4.69, 9.17) is 6.42 Å². The summed E-state index contributed by atoms with van der Waals surface area (Å²) < 4.78 is 28.4. The largest absolute Gasteiger partial charge is 0.345 e. The van der Waals surface area contributed by atoms with E-state index in [-0.39, 0.29) is 24.7 Å². The number of thiophene rings is 1. The van der Waals surface area contributed by atoms with Gasteiger partial charge in [0.1, 0.15) is 23.0 Å². The maximum absolute atomic E-state index is 14.4. The van der Waals surface area contributed by atoms with E-state index in [9.17, 15) is 18.4 Å². The number of terminal acetylenes is 1. The first kappa shape index (κ1) is 30.4. The van der Waals surface area contributed by atoms with Gasteiger partial charge >= 0.3 is 0 Å². The van der Waals surface area contributed by atoms with E-state index in [1.165, 1.54) is 23.5 Å². The number of nitrogens with zero attached hydrogens (tertiary/aromatic N) is 3. The highest BCUT2D eigenvalue weighted by Gasteiger charge is 2.29. The van der Waals surface area contributed by atoms with Crippen LogP contribution in [-0.4, -0.2) is 33.3 Å². The zero-order chi connectivity index (χ0) is 31.2. The van der Waals surface area contributed by atoms with E-state index < -0.39 is 17.5 Å². The third-order valence-electron chi connectivity index (χ3n) is 7.78. The molecule has 1 aliphatic heterocycles. The lowest BCUT2D eigenvalue weighted by molar-refractivity contribution is 0.0981. The Morgan fingerprint density at radius 1 is 1.07 bits per heavy atom. The monoisotopic (exact) mass is 631 g/mol. The number of carbonyl (C=O) groups excluding carboxylic acids is 2. The van der Waals surface area contributed by atoms with Crippen LogP contribution in [0.1, 0.15) is 44.3 Å². The SMILES string of the molecule is C.C#Cc1ccc2c(c1)N(C(=O)c1cccc(-c3c[nH]c4ncc(F)cc34)n1)CCc1cc(C(=O)Nc3c(C)cccc3F)sc1-2. The van der Waals surface area contributed by atoms with E-state index in [1.807, 2.05) is 6.07 Å². The Hall–Kier alpha value is -5.66. The molecule has 7 nitrogen and oxygen atoms in total. The number of fused-ring (bicyclic) bond motifs is 4. The molecule has 0 bridgehead atoms. The van der Waals surface area contributed by atoms with Crippen LogP contribution in [0.2, 0.25) is 0 Å². The third kappa shape index (κ3) is 5.31. The quantitative estimate of drug-likeness (QED) is 0.193. The lowest BCUT2D eigenvalue weighted by Crippen LogP contribution is -2.33. The molecule has 4 aromatic heterocycles. The molecule has 0 aliphatic carbocycles. The highest BCUT2D eigenvalue weighted by molar-refractivity contribution is 7.17. The van der Waals surface area contributed by atoms with Crippen molar-refractivity contribution in [1.82, 2.24) is 15.0 Å². The summed E-state index contributed by atoms with van der Waals surface area (Å²) in [6.45, 7) is 2.03. The highest BCUT2D eigenvalue weighted by Crippen LogP contribution is 2.42. The van der Waals surface area contributed by atoms with Crippen molar-refractivity contribution in [2.75, 3.05) is 16.8 Å². The molecule has 2 amide bonds.